The number of allylic oxidation sites excluding steroid dienone is 1. The molecule has 0 saturated carbocycles. The summed E-state index contributed by atoms with van der Waals surface area (Å²) in [5, 5.41) is 20.0. The Morgan fingerprint density at radius 1 is 1.02 bits per heavy atom. The van der Waals surface area contributed by atoms with E-state index in [1.807, 2.05) is 37.3 Å². The molecule has 3 aromatic rings. The summed E-state index contributed by atoms with van der Waals surface area (Å²) in [7, 11) is -3.42. The van der Waals surface area contributed by atoms with Crippen LogP contribution < -0.4 is 0 Å². The highest BCUT2D eigenvalue weighted by Crippen LogP contribution is 2.30. The largest absolute Gasteiger partial charge is 0.465 e. The average Bonchev–Trinajstić information content (AvgIpc) is 3.04. The molecule has 44 heavy (non-hydrogen) atoms. The standard InChI is InChI=1S/C34H41N3O6S/c1-27(44(42,43)33-12-6-3-7-13-33)25-31(30-10-4-2-5-11-30)20-24-35-22-18-28(19-23-35)9-8-21-36(34(38)39)26-29-14-16-32(17-15-29)37(40)41/h2-17,27-28,31H,18-26H2,1H3,(H,38,39). The van der Waals surface area contributed by atoms with E-state index in [1.54, 1.807) is 36.4 Å². The maximum absolute atomic E-state index is 13.3. The van der Waals surface area contributed by atoms with E-state index < -0.39 is 26.1 Å². The lowest BCUT2D eigenvalue weighted by atomic mass is 9.90. The molecule has 0 spiro atoms. The number of carboxylic acid groups (broad SMARTS) is 1. The first-order chi connectivity index (χ1) is 21.1. The smallest absolute Gasteiger partial charge is 0.407 e. The fourth-order valence-electron chi connectivity index (χ4n) is 5.76. The number of nitro benzene ring substituents is 1. The third-order valence-corrected chi connectivity index (χ3v) is 10.6. The maximum atomic E-state index is 13.3. The van der Waals surface area contributed by atoms with Gasteiger partial charge in [-0.15, -0.1) is 0 Å². The molecule has 1 fully saturated rings. The molecule has 1 saturated heterocycles. The van der Waals surface area contributed by atoms with Gasteiger partial charge in [0.1, 0.15) is 0 Å². The molecule has 0 radical (unpaired) electrons. The first-order valence-corrected chi connectivity index (χ1v) is 16.6. The predicted molar refractivity (Wildman–Crippen MR) is 171 cm³/mol. The Hall–Kier alpha value is -4.02. The van der Waals surface area contributed by atoms with E-state index >= 15 is 0 Å². The lowest BCUT2D eigenvalue weighted by molar-refractivity contribution is -0.384. The van der Waals surface area contributed by atoms with Gasteiger partial charge >= 0.3 is 6.09 Å². The molecule has 0 aliphatic carbocycles. The quantitative estimate of drug-likeness (QED) is 0.120. The predicted octanol–water partition coefficient (Wildman–Crippen LogP) is 6.77. The molecule has 2 unspecified atom stereocenters. The van der Waals surface area contributed by atoms with Crippen LogP contribution in [-0.2, 0) is 16.4 Å². The number of non-ortho nitro benzene ring substituents is 1. The monoisotopic (exact) mass is 619 g/mol. The van der Waals surface area contributed by atoms with Crippen molar-refractivity contribution >= 4 is 21.6 Å². The zero-order valence-electron chi connectivity index (χ0n) is 25.1. The zero-order valence-corrected chi connectivity index (χ0v) is 25.9. The SMILES string of the molecule is CC(CC(CCN1CCC(C=CCN(Cc2ccc([N+](=O)[O-])cc2)C(=O)O)CC1)c1ccccc1)S(=O)(=O)c1ccccc1. The first kappa shape index (κ1) is 32.9. The number of nitro groups is 1. The van der Waals surface area contributed by atoms with Crippen LogP contribution in [0.3, 0.4) is 0 Å². The minimum Gasteiger partial charge on any atom is -0.465 e. The van der Waals surface area contributed by atoms with Crippen molar-refractivity contribution in [3.8, 4) is 0 Å². The number of sulfone groups is 1. The second-order valence-corrected chi connectivity index (χ2v) is 13.9. The third-order valence-electron chi connectivity index (χ3n) is 8.44. The lowest BCUT2D eigenvalue weighted by Crippen LogP contribution is -2.35. The van der Waals surface area contributed by atoms with Crippen LogP contribution in [0.5, 0.6) is 0 Å². The molecule has 234 valence electrons. The molecule has 3 aromatic carbocycles. The molecule has 1 amide bonds. The molecule has 0 aromatic heterocycles. The Kier molecular flexibility index (Phi) is 11.7. The summed E-state index contributed by atoms with van der Waals surface area (Å²) in [6, 6.07) is 24.8. The van der Waals surface area contributed by atoms with E-state index in [2.05, 4.69) is 23.1 Å². The number of amides is 1. The van der Waals surface area contributed by atoms with Gasteiger partial charge in [0, 0.05) is 25.2 Å². The van der Waals surface area contributed by atoms with Crippen molar-refractivity contribution in [3.05, 3.63) is 118 Å². The third kappa shape index (κ3) is 9.24. The summed E-state index contributed by atoms with van der Waals surface area (Å²) in [5.74, 6) is 0.488. The number of hydrogen-bond donors (Lipinski definition) is 1. The number of benzene rings is 3. The van der Waals surface area contributed by atoms with Gasteiger partial charge in [-0.3, -0.25) is 10.1 Å². The summed E-state index contributed by atoms with van der Waals surface area (Å²) in [4.78, 5) is 26.3. The van der Waals surface area contributed by atoms with Crippen LogP contribution in [0.1, 0.15) is 49.7 Å². The van der Waals surface area contributed by atoms with Crippen LogP contribution in [0.15, 0.2) is 102 Å². The van der Waals surface area contributed by atoms with E-state index in [9.17, 15) is 28.4 Å². The second kappa shape index (κ2) is 15.6. The van der Waals surface area contributed by atoms with Crippen LogP contribution in [-0.4, -0.2) is 65.8 Å². The molecule has 2 atom stereocenters. The van der Waals surface area contributed by atoms with Crippen molar-refractivity contribution in [2.45, 2.75) is 55.2 Å². The van der Waals surface area contributed by atoms with Gasteiger partial charge in [-0.25, -0.2) is 13.2 Å². The Labute approximate surface area is 259 Å². The minimum atomic E-state index is -3.42. The Bertz CT molecular complexity index is 1490. The first-order valence-electron chi connectivity index (χ1n) is 15.1. The van der Waals surface area contributed by atoms with Crippen molar-refractivity contribution in [2.24, 2.45) is 5.92 Å². The molecular weight excluding hydrogens is 578 g/mol. The van der Waals surface area contributed by atoms with E-state index in [-0.39, 0.29) is 24.7 Å². The molecule has 10 heteroatoms. The summed E-state index contributed by atoms with van der Waals surface area (Å²) in [5.41, 5.74) is 1.83. The summed E-state index contributed by atoms with van der Waals surface area (Å²) in [6.45, 7) is 4.96. The van der Waals surface area contributed by atoms with Crippen LogP contribution in [0.25, 0.3) is 0 Å². The molecule has 1 aliphatic rings. The average molecular weight is 620 g/mol. The number of carbonyl (C=O) groups is 1. The second-order valence-electron chi connectivity index (χ2n) is 11.5. The van der Waals surface area contributed by atoms with Crippen molar-refractivity contribution in [1.82, 2.24) is 9.80 Å². The van der Waals surface area contributed by atoms with Gasteiger partial charge in [0.2, 0.25) is 0 Å². The van der Waals surface area contributed by atoms with E-state index in [0.29, 0.717) is 22.8 Å². The molecule has 1 N–H and O–H groups in total. The van der Waals surface area contributed by atoms with Crippen molar-refractivity contribution in [3.63, 3.8) is 0 Å². The lowest BCUT2D eigenvalue weighted by Gasteiger charge is -2.32. The topological polar surface area (TPSA) is 121 Å². The highest BCUT2D eigenvalue weighted by Gasteiger charge is 2.28. The van der Waals surface area contributed by atoms with E-state index in [4.69, 9.17) is 0 Å². The van der Waals surface area contributed by atoms with Gasteiger partial charge in [-0.2, -0.15) is 0 Å². The number of rotatable bonds is 14. The molecule has 9 nitrogen and oxygen atoms in total. The fraction of sp³-hybridized carbons (Fsp3) is 0.382. The minimum absolute atomic E-state index is 0.0250. The molecule has 0 bridgehead atoms. The van der Waals surface area contributed by atoms with Crippen molar-refractivity contribution in [1.29, 1.82) is 0 Å². The molecule has 4 rings (SSSR count). The van der Waals surface area contributed by atoms with Gasteiger partial charge in [0.05, 0.1) is 15.1 Å². The summed E-state index contributed by atoms with van der Waals surface area (Å²) < 4.78 is 26.5. The van der Waals surface area contributed by atoms with Gasteiger partial charge < -0.3 is 14.9 Å². The zero-order chi connectivity index (χ0) is 31.5. The highest BCUT2D eigenvalue weighted by atomic mass is 32.2. The molecule has 1 heterocycles. The Morgan fingerprint density at radius 2 is 1.64 bits per heavy atom. The van der Waals surface area contributed by atoms with Crippen LogP contribution in [0.2, 0.25) is 0 Å². The summed E-state index contributed by atoms with van der Waals surface area (Å²) in [6.07, 6.45) is 6.34. The Balaban J connectivity index is 1.27. The fourth-order valence-corrected chi connectivity index (χ4v) is 7.24. The highest BCUT2D eigenvalue weighted by molar-refractivity contribution is 7.92. The van der Waals surface area contributed by atoms with Crippen molar-refractivity contribution < 1.29 is 23.2 Å². The Morgan fingerprint density at radius 3 is 2.23 bits per heavy atom. The number of likely N-dealkylation sites (tertiary alicyclic amines) is 1. The maximum Gasteiger partial charge on any atom is 0.407 e. The van der Waals surface area contributed by atoms with Crippen molar-refractivity contribution in [2.75, 3.05) is 26.2 Å². The van der Waals surface area contributed by atoms with Gasteiger partial charge in [-0.1, -0.05) is 72.8 Å². The van der Waals surface area contributed by atoms with Crippen LogP contribution in [0, 0.1) is 16.0 Å². The van der Waals surface area contributed by atoms with Gasteiger partial charge in [-0.05, 0) is 87.3 Å². The van der Waals surface area contributed by atoms with E-state index in [0.717, 1.165) is 44.5 Å². The van der Waals surface area contributed by atoms with Gasteiger partial charge in [0.15, 0.2) is 9.84 Å². The molecular formula is C34H41N3O6S. The van der Waals surface area contributed by atoms with E-state index in [1.165, 1.54) is 17.0 Å². The number of nitrogens with zero attached hydrogens (tertiary/aromatic N) is 3. The summed E-state index contributed by atoms with van der Waals surface area (Å²) >= 11 is 0. The molecule has 1 aliphatic heterocycles. The number of hydrogen-bond acceptors (Lipinski definition) is 6. The van der Waals surface area contributed by atoms with Crippen LogP contribution in [0.4, 0.5) is 10.5 Å². The number of piperidine rings is 1. The van der Waals surface area contributed by atoms with Crippen LogP contribution >= 0.6 is 0 Å². The normalized spacial score (nSPS) is 16.0. The van der Waals surface area contributed by atoms with Gasteiger partial charge in [0.25, 0.3) is 5.69 Å².